The number of ether oxygens (including phenoxy) is 2. The molecule has 10 nitrogen and oxygen atoms in total. The summed E-state index contributed by atoms with van der Waals surface area (Å²) in [4.78, 5) is 16.4. The van der Waals surface area contributed by atoms with Crippen molar-refractivity contribution in [2.24, 2.45) is 0 Å². The second-order valence-corrected chi connectivity index (χ2v) is 13.0. The standard InChI is InChI=1S/C15H13N3O.C12H18BNO2.C9H7BrN2O.CH4/c1-19-14-7-11(10-3-2-4-13(16)6-10)5-12-8-17-9-18-15(12)14;1-11(2)12(3,4)16-13(15-11)9-6-5-7-10(14)8-9;1-13-8-3-7(10)2-6-4-11-5-12-9(6)8;/h2-9H,16H2,1H3;5-8H,14H2,1-4H3;2-5H,1H3;1H4. The smallest absolute Gasteiger partial charge is 0.494 e. The summed E-state index contributed by atoms with van der Waals surface area (Å²) < 4.78 is 23.4. The molecule has 12 heteroatoms. The zero-order valence-electron chi connectivity index (χ0n) is 27.8. The first-order valence-electron chi connectivity index (χ1n) is 15.2. The third kappa shape index (κ3) is 8.64. The van der Waals surface area contributed by atoms with Gasteiger partial charge in [-0.05, 0) is 92.8 Å². The number of anilines is 2. The topological polar surface area (TPSA) is 141 Å². The molecular weight excluding hydrogens is 683 g/mol. The first-order valence-corrected chi connectivity index (χ1v) is 16.0. The van der Waals surface area contributed by atoms with Gasteiger partial charge < -0.3 is 30.2 Å². The highest BCUT2D eigenvalue weighted by Gasteiger charge is 2.51. The highest BCUT2D eigenvalue weighted by Crippen LogP contribution is 2.36. The lowest BCUT2D eigenvalue weighted by Crippen LogP contribution is -2.41. The Labute approximate surface area is 296 Å². The summed E-state index contributed by atoms with van der Waals surface area (Å²) in [5.74, 6) is 1.49. The van der Waals surface area contributed by atoms with Crippen LogP contribution >= 0.6 is 15.9 Å². The number of fused-ring (bicyclic) bond motifs is 2. The van der Waals surface area contributed by atoms with E-state index in [-0.39, 0.29) is 25.7 Å². The largest absolute Gasteiger partial charge is 0.494 e. The van der Waals surface area contributed by atoms with E-state index < -0.39 is 0 Å². The third-order valence-electron chi connectivity index (χ3n) is 8.20. The zero-order chi connectivity index (χ0) is 34.5. The second kappa shape index (κ2) is 15.6. The molecule has 7 rings (SSSR count). The summed E-state index contributed by atoms with van der Waals surface area (Å²) in [5.41, 5.74) is 17.1. The highest BCUT2D eigenvalue weighted by molar-refractivity contribution is 9.10. The molecule has 49 heavy (non-hydrogen) atoms. The van der Waals surface area contributed by atoms with Crippen molar-refractivity contribution in [1.82, 2.24) is 19.9 Å². The number of methoxy groups -OCH3 is 2. The molecule has 0 saturated carbocycles. The Morgan fingerprint density at radius 1 is 0.673 bits per heavy atom. The average molecular weight is 725 g/mol. The molecule has 1 saturated heterocycles. The van der Waals surface area contributed by atoms with E-state index in [1.165, 1.54) is 12.7 Å². The molecule has 3 heterocycles. The van der Waals surface area contributed by atoms with E-state index in [1.807, 2.05) is 100 Å². The molecule has 2 aromatic heterocycles. The Balaban J connectivity index is 0.000000167. The van der Waals surface area contributed by atoms with Gasteiger partial charge in [-0.15, -0.1) is 0 Å². The van der Waals surface area contributed by atoms with Crippen molar-refractivity contribution in [2.75, 3.05) is 25.7 Å². The quantitative estimate of drug-likeness (QED) is 0.139. The predicted octanol–water partition coefficient (Wildman–Crippen LogP) is 7.49. The van der Waals surface area contributed by atoms with Crippen molar-refractivity contribution in [1.29, 1.82) is 0 Å². The number of nitrogen functional groups attached to an aromatic ring is 2. The van der Waals surface area contributed by atoms with Crippen molar-refractivity contribution in [3.8, 4) is 22.6 Å². The summed E-state index contributed by atoms with van der Waals surface area (Å²) >= 11 is 3.39. The van der Waals surface area contributed by atoms with E-state index in [1.54, 1.807) is 26.6 Å². The van der Waals surface area contributed by atoms with Crippen LogP contribution in [0.5, 0.6) is 11.5 Å². The van der Waals surface area contributed by atoms with Gasteiger partial charge in [0.05, 0.1) is 25.4 Å². The minimum Gasteiger partial charge on any atom is -0.494 e. The SMILES string of the molecule is C.CC1(C)OB(c2cccc(N)c2)OC1(C)C.COc1cc(-c2cccc(N)c2)cc2cncnc12.COc1cc(Br)cc2cncnc12. The van der Waals surface area contributed by atoms with E-state index in [4.69, 9.17) is 30.2 Å². The van der Waals surface area contributed by atoms with Crippen molar-refractivity contribution < 1.29 is 18.8 Å². The molecule has 254 valence electrons. The molecule has 0 aliphatic carbocycles. The number of hydrogen-bond acceptors (Lipinski definition) is 10. The molecule has 0 atom stereocenters. The van der Waals surface area contributed by atoms with Crippen molar-refractivity contribution in [3.05, 3.63) is 102 Å². The van der Waals surface area contributed by atoms with E-state index in [2.05, 4.69) is 35.9 Å². The normalized spacial score (nSPS) is 14.1. The Morgan fingerprint density at radius 2 is 1.20 bits per heavy atom. The number of rotatable bonds is 4. The maximum absolute atomic E-state index is 5.93. The van der Waals surface area contributed by atoms with Crippen LogP contribution in [-0.4, -0.2) is 52.5 Å². The van der Waals surface area contributed by atoms with Crippen LogP contribution in [0.4, 0.5) is 11.4 Å². The molecule has 4 aromatic carbocycles. The van der Waals surface area contributed by atoms with Crippen molar-refractivity contribution >= 4 is 61.7 Å². The Bertz CT molecular complexity index is 2030. The van der Waals surface area contributed by atoms with Gasteiger partial charge in [-0.25, -0.2) is 19.9 Å². The van der Waals surface area contributed by atoms with Crippen molar-refractivity contribution in [2.45, 2.75) is 46.3 Å². The molecule has 1 aliphatic heterocycles. The summed E-state index contributed by atoms with van der Waals surface area (Å²) in [6.07, 6.45) is 6.57. The Kier molecular flexibility index (Phi) is 11.8. The third-order valence-corrected chi connectivity index (χ3v) is 8.66. The average Bonchev–Trinajstić information content (AvgIpc) is 3.30. The lowest BCUT2D eigenvalue weighted by atomic mass is 9.79. The Morgan fingerprint density at radius 3 is 1.76 bits per heavy atom. The summed E-state index contributed by atoms with van der Waals surface area (Å²) in [5, 5.41) is 1.91. The van der Waals surface area contributed by atoms with Crippen LogP contribution in [0, 0.1) is 0 Å². The first kappa shape index (κ1) is 37.1. The first-order chi connectivity index (χ1) is 22.9. The van der Waals surface area contributed by atoms with Gasteiger partial charge in [-0.3, -0.25) is 0 Å². The molecule has 0 radical (unpaired) electrons. The van der Waals surface area contributed by atoms with Crippen LogP contribution in [0.1, 0.15) is 35.1 Å². The van der Waals surface area contributed by atoms with Crippen LogP contribution < -0.4 is 26.4 Å². The predicted molar refractivity (Wildman–Crippen MR) is 203 cm³/mol. The lowest BCUT2D eigenvalue weighted by molar-refractivity contribution is 0.00578. The van der Waals surface area contributed by atoms with E-state index in [0.29, 0.717) is 0 Å². The van der Waals surface area contributed by atoms with Crippen LogP contribution in [0.3, 0.4) is 0 Å². The second-order valence-electron chi connectivity index (χ2n) is 12.1. The lowest BCUT2D eigenvalue weighted by Gasteiger charge is -2.32. The van der Waals surface area contributed by atoms with Crippen LogP contribution in [0.2, 0.25) is 0 Å². The van der Waals surface area contributed by atoms with Crippen LogP contribution in [0.25, 0.3) is 32.9 Å². The van der Waals surface area contributed by atoms with Gasteiger partial charge in [-0.2, -0.15) is 0 Å². The number of benzene rings is 4. The van der Waals surface area contributed by atoms with Gasteiger partial charge in [-0.1, -0.05) is 47.6 Å². The molecule has 0 amide bonds. The fraction of sp³-hybridized carbons (Fsp3) is 0.243. The minimum atomic E-state index is -0.325. The van der Waals surface area contributed by atoms with Gasteiger partial charge in [0, 0.05) is 39.0 Å². The number of nitrogens with two attached hydrogens (primary N) is 2. The molecule has 0 spiro atoms. The van der Waals surface area contributed by atoms with Gasteiger partial charge in [0.1, 0.15) is 35.2 Å². The number of hydrogen-bond donors (Lipinski definition) is 2. The molecule has 4 N–H and O–H groups in total. The molecule has 1 aliphatic rings. The molecular formula is C37H42BBrN6O4. The fourth-order valence-electron chi connectivity index (χ4n) is 4.99. The zero-order valence-corrected chi connectivity index (χ0v) is 29.4. The monoisotopic (exact) mass is 724 g/mol. The molecule has 0 unspecified atom stereocenters. The molecule has 1 fully saturated rings. The van der Waals surface area contributed by atoms with Gasteiger partial charge in [0.2, 0.25) is 0 Å². The maximum Gasteiger partial charge on any atom is 0.494 e. The van der Waals surface area contributed by atoms with Gasteiger partial charge >= 0.3 is 7.12 Å². The van der Waals surface area contributed by atoms with Crippen molar-refractivity contribution in [3.63, 3.8) is 0 Å². The van der Waals surface area contributed by atoms with Crippen LogP contribution in [-0.2, 0) is 9.31 Å². The Hall–Kier alpha value is -4.78. The summed E-state index contributed by atoms with van der Waals surface area (Å²) in [6.45, 7) is 8.16. The molecule has 0 bridgehead atoms. The highest BCUT2D eigenvalue weighted by atomic mass is 79.9. The molecule has 6 aromatic rings. The van der Waals surface area contributed by atoms with E-state index in [0.717, 1.165) is 65.7 Å². The van der Waals surface area contributed by atoms with E-state index >= 15 is 0 Å². The minimum absolute atomic E-state index is 0. The van der Waals surface area contributed by atoms with E-state index in [9.17, 15) is 0 Å². The van der Waals surface area contributed by atoms with Gasteiger partial charge in [0.25, 0.3) is 0 Å². The number of aromatic nitrogens is 4. The summed E-state index contributed by atoms with van der Waals surface area (Å²) in [7, 11) is 2.94. The number of nitrogens with zero attached hydrogens (tertiary/aromatic N) is 4. The van der Waals surface area contributed by atoms with Gasteiger partial charge in [0.15, 0.2) is 0 Å². The maximum atomic E-state index is 5.93. The number of halogens is 1. The fourth-order valence-corrected chi connectivity index (χ4v) is 5.44. The summed E-state index contributed by atoms with van der Waals surface area (Å²) in [6, 6.07) is 23.2. The van der Waals surface area contributed by atoms with Crippen LogP contribution in [0.15, 0.2) is 102 Å².